The van der Waals surface area contributed by atoms with Crippen LogP contribution in [0.15, 0.2) is 24.3 Å². The first kappa shape index (κ1) is 17.8. The average molecular weight is 322 g/mol. The third-order valence-electron chi connectivity index (χ3n) is 3.85. The Morgan fingerprint density at radius 1 is 1.09 bits per heavy atom. The molecule has 1 saturated heterocycles. The maximum absolute atomic E-state index is 10.7. The van der Waals surface area contributed by atoms with Crippen molar-refractivity contribution in [2.75, 3.05) is 19.8 Å². The Hall–Kier alpha value is -1.59. The van der Waals surface area contributed by atoms with Gasteiger partial charge in [-0.1, -0.05) is 6.42 Å². The summed E-state index contributed by atoms with van der Waals surface area (Å²) in [4.78, 5) is 10.7. The maximum Gasteiger partial charge on any atom is 0.335 e. The monoisotopic (exact) mass is 322 g/mol. The van der Waals surface area contributed by atoms with Crippen molar-refractivity contribution in [1.29, 1.82) is 0 Å². The molecule has 1 atom stereocenters. The van der Waals surface area contributed by atoms with Crippen LogP contribution in [-0.2, 0) is 9.47 Å². The number of benzene rings is 1. The first-order valence-corrected chi connectivity index (χ1v) is 8.45. The number of unbranched alkanes of at least 4 members (excludes halogenated alkanes) is 3. The van der Waals surface area contributed by atoms with E-state index in [4.69, 9.17) is 19.3 Å². The molecule has 1 aromatic rings. The molecule has 1 aromatic carbocycles. The predicted molar refractivity (Wildman–Crippen MR) is 86.9 cm³/mol. The Labute approximate surface area is 137 Å². The molecule has 0 aliphatic carbocycles. The summed E-state index contributed by atoms with van der Waals surface area (Å²) in [5, 5.41) is 8.82. The molecule has 1 aliphatic rings. The Balaban J connectivity index is 1.45. The third kappa shape index (κ3) is 7.01. The van der Waals surface area contributed by atoms with E-state index in [1.807, 2.05) is 0 Å². The first-order chi connectivity index (χ1) is 11.3. The molecule has 5 nitrogen and oxygen atoms in total. The van der Waals surface area contributed by atoms with E-state index in [0.29, 0.717) is 12.4 Å². The van der Waals surface area contributed by atoms with Gasteiger partial charge >= 0.3 is 5.97 Å². The predicted octanol–water partition coefficient (Wildman–Crippen LogP) is 3.87. The molecule has 0 amide bonds. The largest absolute Gasteiger partial charge is 0.494 e. The van der Waals surface area contributed by atoms with Crippen LogP contribution < -0.4 is 4.74 Å². The number of aromatic carboxylic acids is 1. The molecule has 0 radical (unpaired) electrons. The smallest absolute Gasteiger partial charge is 0.335 e. The fourth-order valence-corrected chi connectivity index (χ4v) is 2.50. The van der Waals surface area contributed by atoms with Gasteiger partial charge in [-0.2, -0.15) is 0 Å². The van der Waals surface area contributed by atoms with Crippen molar-refractivity contribution in [3.8, 4) is 5.75 Å². The van der Waals surface area contributed by atoms with Crippen LogP contribution in [0.1, 0.15) is 55.3 Å². The normalized spacial score (nSPS) is 17.8. The quantitative estimate of drug-likeness (QED) is 0.663. The van der Waals surface area contributed by atoms with E-state index in [1.54, 1.807) is 24.3 Å². The molecular formula is C18H26O5. The van der Waals surface area contributed by atoms with E-state index in [0.717, 1.165) is 51.7 Å². The summed E-state index contributed by atoms with van der Waals surface area (Å²) in [5.74, 6) is -0.204. The van der Waals surface area contributed by atoms with Gasteiger partial charge in [-0.3, -0.25) is 0 Å². The SMILES string of the molecule is O=C(O)c1ccc(OCCCCCCO[C@H]2CCCCO2)cc1. The zero-order chi connectivity index (χ0) is 16.3. The standard InChI is InChI=1S/C18H26O5/c19-18(20)15-8-10-16(11-9-15)21-12-4-1-2-5-13-22-17-7-3-6-14-23-17/h8-11,17H,1-7,12-14H2,(H,19,20)/t17-/m1/s1. The molecule has 128 valence electrons. The highest BCUT2D eigenvalue weighted by molar-refractivity contribution is 5.87. The highest BCUT2D eigenvalue weighted by Gasteiger charge is 2.13. The molecule has 1 heterocycles. The van der Waals surface area contributed by atoms with Crippen LogP contribution in [0.2, 0.25) is 0 Å². The summed E-state index contributed by atoms with van der Waals surface area (Å²) < 4.78 is 16.8. The first-order valence-electron chi connectivity index (χ1n) is 8.45. The van der Waals surface area contributed by atoms with E-state index in [-0.39, 0.29) is 11.9 Å². The molecule has 0 spiro atoms. The topological polar surface area (TPSA) is 65.0 Å². The lowest BCUT2D eigenvalue weighted by molar-refractivity contribution is -0.162. The van der Waals surface area contributed by atoms with Crippen molar-refractivity contribution >= 4 is 5.97 Å². The lowest BCUT2D eigenvalue weighted by atomic mass is 10.2. The zero-order valence-electron chi connectivity index (χ0n) is 13.5. The van der Waals surface area contributed by atoms with Crippen LogP contribution in [0.3, 0.4) is 0 Å². The van der Waals surface area contributed by atoms with Crippen molar-refractivity contribution in [1.82, 2.24) is 0 Å². The second-order valence-corrected chi connectivity index (χ2v) is 5.76. The summed E-state index contributed by atoms with van der Waals surface area (Å²) >= 11 is 0. The number of carbonyl (C=O) groups is 1. The summed E-state index contributed by atoms with van der Waals surface area (Å²) in [6.07, 6.45) is 7.65. The minimum atomic E-state index is -0.919. The Morgan fingerprint density at radius 3 is 2.48 bits per heavy atom. The minimum absolute atomic E-state index is 0.0147. The molecule has 1 aliphatic heterocycles. The van der Waals surface area contributed by atoms with Crippen molar-refractivity contribution in [2.45, 2.75) is 51.2 Å². The van der Waals surface area contributed by atoms with Gasteiger partial charge in [-0.15, -0.1) is 0 Å². The second-order valence-electron chi connectivity index (χ2n) is 5.76. The number of rotatable bonds is 10. The van der Waals surface area contributed by atoms with E-state index < -0.39 is 5.97 Å². The molecular weight excluding hydrogens is 296 g/mol. The van der Waals surface area contributed by atoms with Gasteiger partial charge in [0.25, 0.3) is 0 Å². The van der Waals surface area contributed by atoms with Gasteiger partial charge in [-0.25, -0.2) is 4.79 Å². The van der Waals surface area contributed by atoms with Crippen molar-refractivity contribution in [2.24, 2.45) is 0 Å². The Kier molecular flexibility index (Phi) is 7.90. The van der Waals surface area contributed by atoms with E-state index in [9.17, 15) is 4.79 Å². The lowest BCUT2D eigenvalue weighted by Gasteiger charge is -2.22. The summed E-state index contributed by atoms with van der Waals surface area (Å²) in [5.41, 5.74) is 0.277. The van der Waals surface area contributed by atoms with E-state index in [2.05, 4.69) is 0 Å². The second kappa shape index (κ2) is 10.2. The van der Waals surface area contributed by atoms with Gasteiger partial charge in [0, 0.05) is 13.2 Å². The lowest BCUT2D eigenvalue weighted by Crippen LogP contribution is -2.22. The minimum Gasteiger partial charge on any atom is -0.494 e. The van der Waals surface area contributed by atoms with Gasteiger partial charge in [-0.05, 0) is 62.8 Å². The number of carboxylic acid groups (broad SMARTS) is 1. The van der Waals surface area contributed by atoms with E-state index in [1.165, 1.54) is 6.42 Å². The van der Waals surface area contributed by atoms with Crippen molar-refractivity contribution in [3.63, 3.8) is 0 Å². The molecule has 23 heavy (non-hydrogen) atoms. The highest BCUT2D eigenvalue weighted by atomic mass is 16.7. The van der Waals surface area contributed by atoms with Crippen LogP contribution in [0, 0.1) is 0 Å². The van der Waals surface area contributed by atoms with Crippen LogP contribution in [0.5, 0.6) is 5.75 Å². The fraction of sp³-hybridized carbons (Fsp3) is 0.611. The van der Waals surface area contributed by atoms with Crippen molar-refractivity contribution < 1.29 is 24.1 Å². The van der Waals surface area contributed by atoms with Gasteiger partial charge in [0.15, 0.2) is 6.29 Å². The number of carboxylic acids is 1. The zero-order valence-corrected chi connectivity index (χ0v) is 13.5. The molecule has 2 rings (SSSR count). The van der Waals surface area contributed by atoms with Crippen molar-refractivity contribution in [3.05, 3.63) is 29.8 Å². The van der Waals surface area contributed by atoms with Gasteiger partial charge in [0.05, 0.1) is 12.2 Å². The molecule has 1 N–H and O–H groups in total. The summed E-state index contributed by atoms with van der Waals surface area (Å²) in [6, 6.07) is 6.51. The van der Waals surface area contributed by atoms with Crippen LogP contribution in [-0.4, -0.2) is 37.2 Å². The summed E-state index contributed by atoms with van der Waals surface area (Å²) in [7, 11) is 0. The van der Waals surface area contributed by atoms with Gasteiger partial charge in [0.1, 0.15) is 5.75 Å². The van der Waals surface area contributed by atoms with Gasteiger partial charge < -0.3 is 19.3 Å². The van der Waals surface area contributed by atoms with Crippen LogP contribution in [0.25, 0.3) is 0 Å². The maximum atomic E-state index is 10.7. The molecule has 1 fully saturated rings. The number of ether oxygens (including phenoxy) is 3. The Bertz CT molecular complexity index is 451. The third-order valence-corrected chi connectivity index (χ3v) is 3.85. The van der Waals surface area contributed by atoms with Gasteiger partial charge in [0.2, 0.25) is 0 Å². The number of hydrogen-bond donors (Lipinski definition) is 1. The molecule has 0 saturated carbocycles. The fourth-order valence-electron chi connectivity index (χ4n) is 2.50. The van der Waals surface area contributed by atoms with E-state index >= 15 is 0 Å². The molecule has 0 bridgehead atoms. The summed E-state index contributed by atoms with van der Waals surface area (Å²) in [6.45, 7) is 2.25. The molecule has 0 unspecified atom stereocenters. The van der Waals surface area contributed by atoms with Crippen LogP contribution >= 0.6 is 0 Å². The Morgan fingerprint density at radius 2 is 1.83 bits per heavy atom. The highest BCUT2D eigenvalue weighted by Crippen LogP contribution is 2.15. The molecule has 0 aromatic heterocycles. The van der Waals surface area contributed by atoms with Crippen LogP contribution in [0.4, 0.5) is 0 Å². The number of hydrogen-bond acceptors (Lipinski definition) is 4. The molecule has 5 heteroatoms. The average Bonchev–Trinajstić information content (AvgIpc) is 2.58.